The van der Waals surface area contributed by atoms with Crippen LogP contribution in [0, 0.1) is 5.92 Å². The summed E-state index contributed by atoms with van der Waals surface area (Å²) in [5.74, 6) is -0.0274. The van der Waals surface area contributed by atoms with Crippen LogP contribution >= 0.6 is 0 Å². The smallest absolute Gasteiger partial charge is 0.306 e. The van der Waals surface area contributed by atoms with Crippen LogP contribution in [0.15, 0.2) is 0 Å². The minimum Gasteiger partial charge on any atom is -0.462 e. The Kier molecular flexibility index (Phi) is 43.2. The van der Waals surface area contributed by atoms with Crippen LogP contribution in [0.4, 0.5) is 0 Å². The van der Waals surface area contributed by atoms with Crippen LogP contribution in [0.3, 0.4) is 0 Å². The summed E-state index contributed by atoms with van der Waals surface area (Å²) < 4.78 is 16.7. The number of carbonyl (C=O) groups is 3. The van der Waals surface area contributed by atoms with Crippen molar-refractivity contribution in [2.75, 3.05) is 13.2 Å². The van der Waals surface area contributed by atoms with Crippen molar-refractivity contribution in [2.24, 2.45) is 5.92 Å². The maximum Gasteiger partial charge on any atom is 0.306 e. The van der Waals surface area contributed by atoms with E-state index in [1.54, 1.807) is 0 Å². The fraction of sp³-hybridized carbons (Fsp3) is 0.940. The Balaban J connectivity index is 4.21. The van der Waals surface area contributed by atoms with E-state index < -0.39 is 6.10 Å². The average molecular weight is 793 g/mol. The van der Waals surface area contributed by atoms with Gasteiger partial charge >= 0.3 is 17.9 Å². The van der Waals surface area contributed by atoms with E-state index in [4.69, 9.17) is 14.2 Å². The molecule has 0 saturated heterocycles. The van der Waals surface area contributed by atoms with Crippen molar-refractivity contribution in [3.63, 3.8) is 0 Å². The quantitative estimate of drug-likeness (QED) is 0.0347. The first-order chi connectivity index (χ1) is 27.4. The van der Waals surface area contributed by atoms with Gasteiger partial charge in [0.2, 0.25) is 0 Å². The van der Waals surface area contributed by atoms with Gasteiger partial charge in [-0.15, -0.1) is 0 Å². The summed E-state index contributed by atoms with van der Waals surface area (Å²) in [5.41, 5.74) is 0. The summed E-state index contributed by atoms with van der Waals surface area (Å²) in [7, 11) is 0. The molecule has 0 bridgehead atoms. The molecule has 0 unspecified atom stereocenters. The fourth-order valence-corrected chi connectivity index (χ4v) is 7.51. The van der Waals surface area contributed by atoms with Crippen LogP contribution in [-0.4, -0.2) is 37.2 Å². The summed E-state index contributed by atoms with van der Waals surface area (Å²) >= 11 is 0. The molecule has 0 aromatic heterocycles. The molecule has 0 heterocycles. The Morgan fingerprint density at radius 3 is 0.875 bits per heavy atom. The topological polar surface area (TPSA) is 78.9 Å². The Bertz CT molecular complexity index is 841. The number of unbranched alkanes of at least 4 members (excludes halogenated alkanes) is 32. The van der Waals surface area contributed by atoms with E-state index in [1.807, 2.05) is 0 Å². The van der Waals surface area contributed by atoms with Gasteiger partial charge in [0.05, 0.1) is 0 Å². The third-order valence-electron chi connectivity index (χ3n) is 11.3. The van der Waals surface area contributed by atoms with Crippen molar-refractivity contribution in [1.82, 2.24) is 0 Å². The fourth-order valence-electron chi connectivity index (χ4n) is 7.51. The minimum atomic E-state index is -0.759. The van der Waals surface area contributed by atoms with E-state index in [0.717, 1.165) is 63.7 Å². The lowest BCUT2D eigenvalue weighted by Crippen LogP contribution is -2.30. The molecule has 332 valence electrons. The summed E-state index contributed by atoms with van der Waals surface area (Å²) in [6.45, 7) is 8.98. The van der Waals surface area contributed by atoms with Gasteiger partial charge in [0, 0.05) is 19.3 Å². The average Bonchev–Trinajstić information content (AvgIpc) is 3.18. The second-order valence-corrected chi connectivity index (χ2v) is 17.6. The van der Waals surface area contributed by atoms with Gasteiger partial charge in [-0.1, -0.05) is 240 Å². The summed E-state index contributed by atoms with van der Waals surface area (Å²) in [6.07, 6.45) is 45.3. The van der Waals surface area contributed by atoms with Gasteiger partial charge in [-0.2, -0.15) is 0 Å². The molecule has 0 aromatic rings. The first-order valence-electron chi connectivity index (χ1n) is 24.9. The van der Waals surface area contributed by atoms with E-state index >= 15 is 0 Å². The van der Waals surface area contributed by atoms with E-state index in [9.17, 15) is 14.4 Å². The molecule has 0 aliphatic heterocycles. The standard InChI is InChI=1S/C50H96O6/c1-5-7-9-11-13-14-15-16-17-18-19-20-23-27-31-35-39-43-50(53)56-47(44-54-48(51)41-37-33-28-12-10-8-6-2)45-55-49(52)42-38-34-30-26-24-21-22-25-29-32-36-40-46(3)4/h46-47H,5-45H2,1-4H3/t47-/m0/s1. The molecular formula is C50H96O6. The van der Waals surface area contributed by atoms with Crippen LogP contribution in [0.1, 0.15) is 278 Å². The second kappa shape index (κ2) is 44.5. The zero-order valence-electron chi connectivity index (χ0n) is 38.1. The van der Waals surface area contributed by atoms with Gasteiger partial charge in [0.15, 0.2) is 6.10 Å². The second-order valence-electron chi connectivity index (χ2n) is 17.6. The molecule has 6 nitrogen and oxygen atoms in total. The zero-order chi connectivity index (χ0) is 41.0. The molecule has 0 amide bonds. The SMILES string of the molecule is CCCCCCCCCCCCCCCCCCCC(=O)O[C@@H](COC(=O)CCCCCCCCC)COC(=O)CCCCCCCCCCCCCC(C)C. The van der Waals surface area contributed by atoms with Gasteiger partial charge in [0.25, 0.3) is 0 Å². The predicted molar refractivity (Wildman–Crippen MR) is 238 cm³/mol. The van der Waals surface area contributed by atoms with E-state index in [1.165, 1.54) is 173 Å². The van der Waals surface area contributed by atoms with Crippen LogP contribution in [-0.2, 0) is 28.6 Å². The maximum atomic E-state index is 12.7. The predicted octanol–water partition coefficient (Wildman–Crippen LogP) is 15.9. The molecule has 0 aliphatic rings. The normalized spacial score (nSPS) is 11.9. The van der Waals surface area contributed by atoms with Crippen molar-refractivity contribution in [1.29, 1.82) is 0 Å². The van der Waals surface area contributed by atoms with E-state index in [2.05, 4.69) is 27.7 Å². The first-order valence-corrected chi connectivity index (χ1v) is 24.9. The molecular weight excluding hydrogens is 697 g/mol. The van der Waals surface area contributed by atoms with Gasteiger partial charge in [-0.25, -0.2) is 0 Å². The van der Waals surface area contributed by atoms with Crippen molar-refractivity contribution < 1.29 is 28.6 Å². The summed E-state index contributed by atoms with van der Waals surface area (Å²) in [5, 5.41) is 0. The third-order valence-corrected chi connectivity index (χ3v) is 11.3. The van der Waals surface area contributed by atoms with Crippen molar-refractivity contribution in [3.8, 4) is 0 Å². The first kappa shape index (κ1) is 54.4. The highest BCUT2D eigenvalue weighted by Gasteiger charge is 2.19. The molecule has 0 spiro atoms. The Morgan fingerprint density at radius 2 is 0.589 bits per heavy atom. The number of ether oxygens (including phenoxy) is 3. The molecule has 0 rings (SSSR count). The van der Waals surface area contributed by atoms with Crippen molar-refractivity contribution in [2.45, 2.75) is 284 Å². The van der Waals surface area contributed by atoms with Crippen LogP contribution in [0.25, 0.3) is 0 Å². The zero-order valence-corrected chi connectivity index (χ0v) is 38.1. The summed E-state index contributed by atoms with van der Waals surface area (Å²) in [6, 6.07) is 0. The van der Waals surface area contributed by atoms with Gasteiger partial charge < -0.3 is 14.2 Å². The monoisotopic (exact) mass is 793 g/mol. The number of rotatable bonds is 45. The lowest BCUT2D eigenvalue weighted by molar-refractivity contribution is -0.167. The highest BCUT2D eigenvalue weighted by atomic mass is 16.6. The largest absolute Gasteiger partial charge is 0.462 e. The Labute approximate surface area is 348 Å². The lowest BCUT2D eigenvalue weighted by Gasteiger charge is -2.18. The molecule has 56 heavy (non-hydrogen) atoms. The molecule has 1 atom stereocenters. The van der Waals surface area contributed by atoms with Crippen LogP contribution in [0.2, 0.25) is 0 Å². The molecule has 0 fully saturated rings. The van der Waals surface area contributed by atoms with Crippen molar-refractivity contribution in [3.05, 3.63) is 0 Å². The Morgan fingerprint density at radius 1 is 0.339 bits per heavy atom. The highest BCUT2D eigenvalue weighted by Crippen LogP contribution is 2.17. The maximum absolute atomic E-state index is 12.7. The Hall–Kier alpha value is -1.59. The highest BCUT2D eigenvalue weighted by molar-refractivity contribution is 5.71. The van der Waals surface area contributed by atoms with Gasteiger partial charge in [-0.3, -0.25) is 14.4 Å². The van der Waals surface area contributed by atoms with Crippen LogP contribution in [0.5, 0.6) is 0 Å². The lowest BCUT2D eigenvalue weighted by atomic mass is 10.0. The number of carbonyl (C=O) groups excluding carboxylic acids is 3. The van der Waals surface area contributed by atoms with Crippen molar-refractivity contribution >= 4 is 17.9 Å². The van der Waals surface area contributed by atoms with Gasteiger partial charge in [-0.05, 0) is 25.2 Å². The number of hydrogen-bond donors (Lipinski definition) is 0. The van der Waals surface area contributed by atoms with Gasteiger partial charge in [0.1, 0.15) is 13.2 Å². The van der Waals surface area contributed by atoms with E-state index in [0.29, 0.717) is 19.3 Å². The summed E-state index contributed by atoms with van der Waals surface area (Å²) in [4.78, 5) is 37.7. The number of esters is 3. The molecule has 0 aliphatic carbocycles. The molecule has 0 N–H and O–H groups in total. The third kappa shape index (κ3) is 43.5. The molecule has 0 saturated carbocycles. The molecule has 0 radical (unpaired) electrons. The van der Waals surface area contributed by atoms with E-state index in [-0.39, 0.29) is 31.1 Å². The molecule has 6 heteroatoms. The van der Waals surface area contributed by atoms with Crippen LogP contribution < -0.4 is 0 Å². The molecule has 0 aromatic carbocycles. The minimum absolute atomic E-state index is 0.0637. The number of hydrogen-bond acceptors (Lipinski definition) is 6.